The minimum atomic E-state index is 0. The summed E-state index contributed by atoms with van der Waals surface area (Å²) in [6, 6.07) is 0. The molecule has 0 aliphatic carbocycles. The average Bonchev–Trinajstić information content (AvgIpc) is 1.61. The van der Waals surface area contributed by atoms with E-state index in [-0.39, 0.29) is 11.0 Å². The molecular formula is C4H13O3Sb. The van der Waals surface area contributed by atoms with E-state index in [9.17, 15) is 0 Å². The molecule has 2 radical (unpaired) electrons. The third kappa shape index (κ3) is 15.9. The van der Waals surface area contributed by atoms with E-state index in [4.69, 9.17) is 3.02 Å². The smallest absolute Gasteiger partial charge is 0.412 e. The van der Waals surface area contributed by atoms with Crippen molar-refractivity contribution in [3.63, 3.8) is 0 Å². The van der Waals surface area contributed by atoms with Gasteiger partial charge in [0.2, 0.25) is 0 Å². The Morgan fingerprint density at radius 1 is 1.38 bits per heavy atom. The molecule has 0 spiro atoms. The van der Waals surface area contributed by atoms with Gasteiger partial charge in [0.05, 0.1) is 0 Å². The van der Waals surface area contributed by atoms with Gasteiger partial charge >= 0.3 is 52.8 Å². The minimum absolute atomic E-state index is 0. The molecule has 0 unspecified atom stereocenters. The van der Waals surface area contributed by atoms with Crippen LogP contribution in [-0.4, -0.2) is 41.0 Å². The van der Waals surface area contributed by atoms with E-state index >= 15 is 0 Å². The Morgan fingerprint density at radius 3 is 2.00 bits per heavy atom. The summed E-state index contributed by atoms with van der Waals surface area (Å²) in [6.45, 7) is 3.09. The van der Waals surface area contributed by atoms with Gasteiger partial charge in [0.1, 0.15) is 0 Å². The molecule has 0 fully saturated rings. The second-order valence-corrected chi connectivity index (χ2v) is 1.92. The number of rotatable bonds is 3. The fourth-order valence-electron chi connectivity index (χ4n) is 0.209. The molecular weight excluding hydrogens is 218 g/mol. The van der Waals surface area contributed by atoms with Crippen molar-refractivity contribution in [2.75, 3.05) is 6.61 Å². The molecule has 0 saturated heterocycles. The van der Waals surface area contributed by atoms with Crippen LogP contribution >= 0.6 is 0 Å². The van der Waals surface area contributed by atoms with Gasteiger partial charge in [-0.15, -0.1) is 0 Å². The fourth-order valence-corrected chi connectivity index (χ4v) is 0.577. The predicted octanol–water partition coefficient (Wildman–Crippen LogP) is -0.763. The number of hydrogen-bond acceptors (Lipinski definition) is 1. The van der Waals surface area contributed by atoms with Crippen molar-refractivity contribution >= 4 is 23.4 Å². The average molecular weight is 231 g/mol. The van der Waals surface area contributed by atoms with Gasteiger partial charge in [0.15, 0.2) is 0 Å². The van der Waals surface area contributed by atoms with Crippen LogP contribution in [0.5, 0.6) is 0 Å². The molecule has 0 aromatic carbocycles. The summed E-state index contributed by atoms with van der Waals surface area (Å²) >= 11 is 1.43. The van der Waals surface area contributed by atoms with Crippen molar-refractivity contribution < 1.29 is 14.0 Å². The maximum absolute atomic E-state index is 4.83. The third-order valence-corrected chi connectivity index (χ3v) is 1.11. The van der Waals surface area contributed by atoms with E-state index < -0.39 is 0 Å². The summed E-state index contributed by atoms with van der Waals surface area (Å²) in [4.78, 5) is 0. The molecule has 0 aliphatic rings. The third-order valence-electron chi connectivity index (χ3n) is 0.589. The van der Waals surface area contributed by atoms with E-state index in [1.165, 1.54) is 36.3 Å². The Balaban J connectivity index is -0.000000125. The van der Waals surface area contributed by atoms with E-state index in [1.807, 2.05) is 0 Å². The van der Waals surface area contributed by atoms with Crippen molar-refractivity contribution in [2.24, 2.45) is 0 Å². The first-order valence-electron chi connectivity index (χ1n) is 2.18. The Kier molecular flexibility index (Phi) is 31.1. The molecule has 0 amide bonds. The first-order chi connectivity index (χ1) is 2.91. The topological polar surface area (TPSA) is 72.2 Å². The zero-order valence-corrected chi connectivity index (χ0v) is 7.53. The first-order valence-corrected chi connectivity index (χ1v) is 3.22. The molecule has 0 rings (SSSR count). The van der Waals surface area contributed by atoms with Crippen LogP contribution in [0.1, 0.15) is 19.8 Å². The van der Waals surface area contributed by atoms with Crippen LogP contribution in [-0.2, 0) is 3.02 Å². The molecule has 0 aromatic heterocycles. The maximum atomic E-state index is 4.83. The zero-order valence-electron chi connectivity index (χ0n) is 4.98. The molecule has 0 saturated carbocycles. The van der Waals surface area contributed by atoms with Crippen LogP contribution < -0.4 is 0 Å². The Bertz CT molecular complexity index is 23.2. The second-order valence-electron chi connectivity index (χ2n) is 1.19. The van der Waals surface area contributed by atoms with Crippen molar-refractivity contribution in [3.8, 4) is 0 Å². The molecule has 0 aliphatic heterocycles. The molecule has 52 valence electrons. The molecule has 0 bridgehead atoms. The summed E-state index contributed by atoms with van der Waals surface area (Å²) in [6.07, 6.45) is 2.44. The van der Waals surface area contributed by atoms with Crippen LogP contribution in [0.15, 0.2) is 0 Å². The Labute approximate surface area is 64.1 Å². The maximum Gasteiger partial charge on any atom is -0.412 e. The molecule has 0 heterocycles. The summed E-state index contributed by atoms with van der Waals surface area (Å²) < 4.78 is 4.83. The van der Waals surface area contributed by atoms with Crippen molar-refractivity contribution in [3.05, 3.63) is 0 Å². The monoisotopic (exact) mass is 230 g/mol. The molecule has 3 nitrogen and oxygen atoms in total. The van der Waals surface area contributed by atoms with Crippen molar-refractivity contribution in [1.29, 1.82) is 0 Å². The summed E-state index contributed by atoms with van der Waals surface area (Å²) in [5.41, 5.74) is 0. The van der Waals surface area contributed by atoms with E-state index in [0.717, 1.165) is 6.61 Å². The van der Waals surface area contributed by atoms with Crippen LogP contribution in [0, 0.1) is 0 Å². The van der Waals surface area contributed by atoms with Crippen molar-refractivity contribution in [2.45, 2.75) is 19.8 Å². The van der Waals surface area contributed by atoms with Gasteiger partial charge in [-0.3, -0.25) is 0 Å². The van der Waals surface area contributed by atoms with Crippen molar-refractivity contribution in [1.82, 2.24) is 0 Å². The first kappa shape index (κ1) is 15.9. The quantitative estimate of drug-likeness (QED) is 0.464. The van der Waals surface area contributed by atoms with Crippen LogP contribution in [0.4, 0.5) is 0 Å². The summed E-state index contributed by atoms with van der Waals surface area (Å²) in [7, 11) is 0. The summed E-state index contributed by atoms with van der Waals surface area (Å²) in [5, 5.41) is 0. The van der Waals surface area contributed by atoms with Crippen LogP contribution in [0.2, 0.25) is 0 Å². The molecule has 0 aromatic rings. The molecule has 4 N–H and O–H groups in total. The predicted molar refractivity (Wildman–Crippen MR) is 33.8 cm³/mol. The van der Waals surface area contributed by atoms with Gasteiger partial charge < -0.3 is 11.0 Å². The van der Waals surface area contributed by atoms with Gasteiger partial charge in [-0.2, -0.15) is 0 Å². The van der Waals surface area contributed by atoms with E-state index in [1.54, 1.807) is 0 Å². The van der Waals surface area contributed by atoms with E-state index in [0.29, 0.717) is 0 Å². The van der Waals surface area contributed by atoms with Gasteiger partial charge in [0.25, 0.3) is 0 Å². The standard InChI is InChI=1S/C4H9O.2H2O.Sb/c1-2-3-4-5;;;/h2-4H2,1H3;2*1H2;/q-1;;;+1. The Morgan fingerprint density at radius 2 is 1.88 bits per heavy atom. The summed E-state index contributed by atoms with van der Waals surface area (Å²) in [5.74, 6) is 0. The molecule has 4 heteroatoms. The van der Waals surface area contributed by atoms with Gasteiger partial charge in [0, 0.05) is 0 Å². The van der Waals surface area contributed by atoms with Crippen LogP contribution in [0.3, 0.4) is 0 Å². The second kappa shape index (κ2) is 15.6. The van der Waals surface area contributed by atoms with Gasteiger partial charge in [-0.1, -0.05) is 0 Å². The minimum Gasteiger partial charge on any atom is -0.412 e. The number of unbranched alkanes of at least 4 members (excludes halogenated alkanes) is 1. The molecule has 8 heavy (non-hydrogen) atoms. The fraction of sp³-hybridized carbons (Fsp3) is 1.00. The van der Waals surface area contributed by atoms with E-state index in [2.05, 4.69) is 6.92 Å². The number of hydrogen-bond donors (Lipinski definition) is 0. The van der Waals surface area contributed by atoms with Crippen LogP contribution in [0.25, 0.3) is 0 Å². The van der Waals surface area contributed by atoms with Gasteiger partial charge in [-0.05, 0) is 0 Å². The largest absolute Gasteiger partial charge is 0.412 e. The van der Waals surface area contributed by atoms with Gasteiger partial charge in [-0.25, -0.2) is 0 Å². The molecule has 0 atom stereocenters. The Hall–Kier alpha value is 0.698. The normalized spacial score (nSPS) is 6.75. The SMILES string of the molecule is CCCC[O][Sb].O.O. The zero-order chi connectivity index (χ0) is 4.83.